The number of halogens is 1. The molecule has 0 unspecified atom stereocenters. The molecule has 3 aromatic rings. The molecule has 4 amide bonds. The van der Waals surface area contributed by atoms with Crippen LogP contribution in [0.1, 0.15) is 16.7 Å². The molecular weight excluding hydrogens is 498 g/mol. The second-order valence-corrected chi connectivity index (χ2v) is 8.62. The van der Waals surface area contributed by atoms with Gasteiger partial charge in [0.1, 0.15) is 24.6 Å². The molecule has 34 heavy (non-hydrogen) atoms. The van der Waals surface area contributed by atoms with Crippen molar-refractivity contribution in [3.05, 3.63) is 99.7 Å². The van der Waals surface area contributed by atoms with Crippen molar-refractivity contribution >= 4 is 45.5 Å². The van der Waals surface area contributed by atoms with Gasteiger partial charge in [-0.1, -0.05) is 48.5 Å². The molecule has 1 heterocycles. The maximum absolute atomic E-state index is 12.7. The quantitative estimate of drug-likeness (QED) is 0.344. The van der Waals surface area contributed by atoms with E-state index in [0.717, 1.165) is 16.0 Å². The fourth-order valence-corrected chi connectivity index (χ4v) is 3.92. The molecule has 172 valence electrons. The summed E-state index contributed by atoms with van der Waals surface area (Å²) in [5, 5.41) is 5.23. The predicted octanol–water partition coefficient (Wildman–Crippen LogP) is 4.87. The van der Waals surface area contributed by atoms with Crippen LogP contribution in [0.5, 0.6) is 5.75 Å². The van der Waals surface area contributed by atoms with Gasteiger partial charge in [-0.2, -0.15) is 0 Å². The van der Waals surface area contributed by atoms with Crippen LogP contribution in [0.3, 0.4) is 0 Å². The van der Waals surface area contributed by atoms with Gasteiger partial charge in [0.05, 0.1) is 4.47 Å². The summed E-state index contributed by atoms with van der Waals surface area (Å²) < 4.78 is 6.56. The number of hydrogen-bond donors (Lipinski definition) is 2. The highest BCUT2D eigenvalue weighted by Gasteiger charge is 2.34. The summed E-state index contributed by atoms with van der Waals surface area (Å²) in [4.78, 5) is 38.3. The molecule has 0 radical (unpaired) electrons. The molecule has 0 aliphatic carbocycles. The summed E-state index contributed by atoms with van der Waals surface area (Å²) in [6, 6.07) is 21.8. The standard InChI is InChI=1S/C26H22BrN3O4/c1-17-6-5-9-20(12-17)28-24(31)15-30-25(32)22(29-26(30)33)14-19-10-11-23(21(27)13-19)34-16-18-7-3-2-4-8-18/h2-14H,15-16H2,1H3,(H,28,31)(H,29,33)/b22-14+. The molecule has 0 atom stereocenters. The maximum Gasteiger partial charge on any atom is 0.329 e. The van der Waals surface area contributed by atoms with Gasteiger partial charge in [0, 0.05) is 5.69 Å². The Morgan fingerprint density at radius 1 is 1.06 bits per heavy atom. The lowest BCUT2D eigenvalue weighted by molar-refractivity contribution is -0.127. The van der Waals surface area contributed by atoms with Crippen LogP contribution in [0.15, 0.2) is 83.0 Å². The van der Waals surface area contributed by atoms with Crippen molar-refractivity contribution in [1.29, 1.82) is 0 Å². The van der Waals surface area contributed by atoms with Crippen LogP contribution in [0.2, 0.25) is 0 Å². The second kappa shape index (κ2) is 10.4. The van der Waals surface area contributed by atoms with E-state index in [4.69, 9.17) is 4.74 Å². The number of nitrogens with one attached hydrogen (secondary N) is 2. The topological polar surface area (TPSA) is 87.7 Å². The summed E-state index contributed by atoms with van der Waals surface area (Å²) in [5.41, 5.74) is 3.42. The van der Waals surface area contributed by atoms with Crippen molar-refractivity contribution in [1.82, 2.24) is 10.2 Å². The molecule has 1 fully saturated rings. The lowest BCUT2D eigenvalue weighted by atomic mass is 10.2. The summed E-state index contributed by atoms with van der Waals surface area (Å²) in [6.07, 6.45) is 1.56. The van der Waals surface area contributed by atoms with E-state index < -0.39 is 17.8 Å². The van der Waals surface area contributed by atoms with Crippen LogP contribution in [-0.2, 0) is 16.2 Å². The van der Waals surface area contributed by atoms with Crippen LogP contribution in [-0.4, -0.2) is 29.3 Å². The molecule has 1 aliphatic rings. The van der Waals surface area contributed by atoms with Crippen molar-refractivity contribution < 1.29 is 19.1 Å². The SMILES string of the molecule is Cc1cccc(NC(=O)CN2C(=O)N/C(=C/c3ccc(OCc4ccccc4)c(Br)c3)C2=O)c1. The normalized spacial score (nSPS) is 14.3. The van der Waals surface area contributed by atoms with Crippen LogP contribution in [0.25, 0.3) is 6.08 Å². The third-order valence-electron chi connectivity index (χ3n) is 5.07. The largest absolute Gasteiger partial charge is 0.488 e. The van der Waals surface area contributed by atoms with Crippen molar-refractivity contribution in [2.24, 2.45) is 0 Å². The molecule has 0 aromatic heterocycles. The van der Waals surface area contributed by atoms with Gasteiger partial charge in [-0.05, 0) is 69.9 Å². The smallest absolute Gasteiger partial charge is 0.329 e. The predicted molar refractivity (Wildman–Crippen MR) is 133 cm³/mol. The van der Waals surface area contributed by atoms with E-state index in [1.807, 2.05) is 49.4 Å². The van der Waals surface area contributed by atoms with E-state index in [1.165, 1.54) is 0 Å². The van der Waals surface area contributed by atoms with Crippen molar-refractivity contribution in [3.63, 3.8) is 0 Å². The summed E-state index contributed by atoms with van der Waals surface area (Å²) in [5.74, 6) is -0.370. The Morgan fingerprint density at radius 2 is 1.85 bits per heavy atom. The Labute approximate surface area is 205 Å². The lowest BCUT2D eigenvalue weighted by Crippen LogP contribution is -2.38. The first-order valence-electron chi connectivity index (χ1n) is 10.6. The van der Waals surface area contributed by atoms with Gasteiger partial charge < -0.3 is 15.4 Å². The minimum absolute atomic E-state index is 0.0956. The third kappa shape index (κ3) is 5.71. The fourth-order valence-electron chi connectivity index (χ4n) is 3.41. The first-order chi connectivity index (χ1) is 16.4. The van der Waals surface area contributed by atoms with Gasteiger partial charge in [-0.25, -0.2) is 9.69 Å². The highest BCUT2D eigenvalue weighted by atomic mass is 79.9. The van der Waals surface area contributed by atoms with E-state index in [0.29, 0.717) is 28.1 Å². The monoisotopic (exact) mass is 519 g/mol. The number of aryl methyl sites for hydroxylation is 1. The highest BCUT2D eigenvalue weighted by molar-refractivity contribution is 9.10. The molecule has 0 spiro atoms. The molecule has 0 saturated carbocycles. The number of ether oxygens (including phenoxy) is 1. The lowest BCUT2D eigenvalue weighted by Gasteiger charge is -2.12. The van der Waals surface area contributed by atoms with E-state index in [-0.39, 0.29) is 12.2 Å². The number of hydrogen-bond acceptors (Lipinski definition) is 4. The Hall–Kier alpha value is -3.91. The van der Waals surface area contributed by atoms with E-state index in [1.54, 1.807) is 36.4 Å². The van der Waals surface area contributed by atoms with Gasteiger partial charge in [-0.15, -0.1) is 0 Å². The van der Waals surface area contributed by atoms with E-state index in [2.05, 4.69) is 26.6 Å². The Kier molecular flexibility index (Phi) is 7.08. The van der Waals surface area contributed by atoms with Gasteiger partial charge in [0.2, 0.25) is 5.91 Å². The van der Waals surface area contributed by atoms with Crippen LogP contribution in [0, 0.1) is 6.92 Å². The second-order valence-electron chi connectivity index (χ2n) is 7.76. The van der Waals surface area contributed by atoms with Gasteiger partial charge >= 0.3 is 6.03 Å². The van der Waals surface area contributed by atoms with Gasteiger partial charge in [-0.3, -0.25) is 9.59 Å². The highest BCUT2D eigenvalue weighted by Crippen LogP contribution is 2.28. The number of rotatable bonds is 7. The number of carbonyl (C=O) groups excluding carboxylic acids is 3. The van der Waals surface area contributed by atoms with Crippen molar-refractivity contribution in [2.45, 2.75) is 13.5 Å². The number of benzene rings is 3. The fraction of sp³-hybridized carbons (Fsp3) is 0.115. The minimum Gasteiger partial charge on any atom is -0.488 e. The van der Waals surface area contributed by atoms with Gasteiger partial charge in [0.15, 0.2) is 0 Å². The third-order valence-corrected chi connectivity index (χ3v) is 5.69. The van der Waals surface area contributed by atoms with Crippen LogP contribution in [0.4, 0.5) is 10.5 Å². The number of urea groups is 1. The molecule has 2 N–H and O–H groups in total. The molecule has 8 heteroatoms. The van der Waals surface area contributed by atoms with Crippen molar-refractivity contribution in [2.75, 3.05) is 11.9 Å². The molecule has 1 aliphatic heterocycles. The molecule has 7 nitrogen and oxygen atoms in total. The number of carbonyl (C=O) groups is 3. The molecule has 3 aromatic carbocycles. The summed E-state index contributed by atoms with van der Waals surface area (Å²) in [7, 11) is 0. The van der Waals surface area contributed by atoms with Crippen LogP contribution < -0.4 is 15.4 Å². The molecule has 1 saturated heterocycles. The van der Waals surface area contributed by atoms with E-state index in [9.17, 15) is 14.4 Å². The molecular formula is C26H22BrN3O4. The zero-order valence-corrected chi connectivity index (χ0v) is 20.0. The maximum atomic E-state index is 12.7. The molecule has 0 bridgehead atoms. The summed E-state index contributed by atoms with van der Waals surface area (Å²) in [6.45, 7) is 1.95. The van der Waals surface area contributed by atoms with E-state index >= 15 is 0 Å². The number of nitrogens with zero attached hydrogens (tertiary/aromatic N) is 1. The Balaban J connectivity index is 1.40. The zero-order valence-electron chi connectivity index (χ0n) is 18.4. The zero-order chi connectivity index (χ0) is 24.1. The minimum atomic E-state index is -0.641. The average molecular weight is 520 g/mol. The Bertz CT molecular complexity index is 1270. The molecule has 4 rings (SSSR count). The Morgan fingerprint density at radius 3 is 2.59 bits per heavy atom. The number of imide groups is 1. The van der Waals surface area contributed by atoms with Gasteiger partial charge in [0.25, 0.3) is 5.91 Å². The number of anilines is 1. The van der Waals surface area contributed by atoms with Crippen molar-refractivity contribution in [3.8, 4) is 5.75 Å². The summed E-state index contributed by atoms with van der Waals surface area (Å²) >= 11 is 3.49. The average Bonchev–Trinajstić information content (AvgIpc) is 3.06. The number of amides is 4. The first-order valence-corrected chi connectivity index (χ1v) is 11.4. The van der Waals surface area contributed by atoms with Crippen LogP contribution >= 0.6 is 15.9 Å². The first kappa shape index (κ1) is 23.3.